The number of halogens is 1. The first-order valence-corrected chi connectivity index (χ1v) is 9.65. The Labute approximate surface area is 155 Å². The number of benzene rings is 1. The monoisotopic (exact) mass is 365 g/mol. The molecule has 2 unspecified atom stereocenters. The van der Waals surface area contributed by atoms with Crippen molar-refractivity contribution in [2.45, 2.75) is 25.3 Å². The molecule has 138 valence electrons. The molecule has 2 heterocycles. The second-order valence-corrected chi connectivity index (χ2v) is 7.36. The summed E-state index contributed by atoms with van der Waals surface area (Å²) in [6.45, 7) is 5.97. The van der Waals surface area contributed by atoms with Gasteiger partial charge in [0.2, 0.25) is 5.91 Å². The van der Waals surface area contributed by atoms with Gasteiger partial charge in [-0.1, -0.05) is 23.7 Å². The van der Waals surface area contributed by atoms with E-state index in [9.17, 15) is 4.79 Å². The summed E-state index contributed by atoms with van der Waals surface area (Å²) in [6, 6.07) is 8.08. The molecular formula is C19H28ClN3O2. The summed E-state index contributed by atoms with van der Waals surface area (Å²) in [6.07, 6.45) is 2.77. The molecular weight excluding hydrogens is 338 g/mol. The van der Waals surface area contributed by atoms with Crippen molar-refractivity contribution in [2.24, 2.45) is 5.92 Å². The van der Waals surface area contributed by atoms with Gasteiger partial charge in [-0.3, -0.25) is 9.69 Å². The van der Waals surface area contributed by atoms with Crippen LogP contribution in [0.25, 0.3) is 0 Å². The van der Waals surface area contributed by atoms with E-state index in [2.05, 4.69) is 21.6 Å². The summed E-state index contributed by atoms with van der Waals surface area (Å²) in [4.78, 5) is 14.7. The van der Waals surface area contributed by atoms with E-state index >= 15 is 0 Å². The van der Waals surface area contributed by atoms with Crippen LogP contribution in [0.3, 0.4) is 0 Å². The summed E-state index contributed by atoms with van der Waals surface area (Å²) in [5.74, 6) is 0.793. The fourth-order valence-electron chi connectivity index (χ4n) is 3.66. The fourth-order valence-corrected chi connectivity index (χ4v) is 3.85. The average molecular weight is 366 g/mol. The number of ether oxygens (including phenoxy) is 1. The normalized spacial score (nSPS) is 22.7. The second kappa shape index (κ2) is 9.53. The van der Waals surface area contributed by atoms with Crippen LogP contribution in [0.2, 0.25) is 5.02 Å². The topological polar surface area (TPSA) is 53.6 Å². The summed E-state index contributed by atoms with van der Waals surface area (Å²) in [5, 5.41) is 7.22. The van der Waals surface area contributed by atoms with E-state index in [1.165, 1.54) is 6.42 Å². The van der Waals surface area contributed by atoms with Crippen LogP contribution < -0.4 is 10.6 Å². The first kappa shape index (κ1) is 18.6. The molecule has 0 bridgehead atoms. The van der Waals surface area contributed by atoms with Crippen LogP contribution >= 0.6 is 11.6 Å². The lowest BCUT2D eigenvalue weighted by molar-refractivity contribution is -0.121. The lowest BCUT2D eigenvalue weighted by atomic mass is 10.0. The van der Waals surface area contributed by atoms with Crippen molar-refractivity contribution >= 4 is 17.5 Å². The summed E-state index contributed by atoms with van der Waals surface area (Å²) < 4.78 is 5.47. The molecule has 2 saturated heterocycles. The molecule has 6 heteroatoms. The Bertz CT molecular complexity index is 557. The average Bonchev–Trinajstić information content (AvgIpc) is 3.15. The van der Waals surface area contributed by atoms with Crippen LogP contribution in [0.5, 0.6) is 0 Å². The molecule has 1 aromatic carbocycles. The van der Waals surface area contributed by atoms with Crippen molar-refractivity contribution in [2.75, 3.05) is 45.9 Å². The molecule has 0 aliphatic carbocycles. The Morgan fingerprint density at radius 1 is 1.40 bits per heavy atom. The van der Waals surface area contributed by atoms with Gasteiger partial charge in [-0.2, -0.15) is 0 Å². The van der Waals surface area contributed by atoms with Gasteiger partial charge in [-0.25, -0.2) is 0 Å². The van der Waals surface area contributed by atoms with E-state index in [1.54, 1.807) is 0 Å². The third kappa shape index (κ3) is 5.68. The minimum Gasteiger partial charge on any atom is -0.379 e. The maximum atomic E-state index is 12.3. The van der Waals surface area contributed by atoms with Crippen LogP contribution in [0, 0.1) is 5.92 Å². The van der Waals surface area contributed by atoms with Crippen LogP contribution in [0.15, 0.2) is 24.3 Å². The highest BCUT2D eigenvalue weighted by molar-refractivity contribution is 6.30. The number of nitrogens with zero attached hydrogens (tertiary/aromatic N) is 1. The number of carbonyl (C=O) groups excluding carboxylic acids is 1. The van der Waals surface area contributed by atoms with Crippen LogP contribution in [0.4, 0.5) is 0 Å². The Morgan fingerprint density at radius 3 is 2.96 bits per heavy atom. The van der Waals surface area contributed by atoms with E-state index in [-0.39, 0.29) is 11.9 Å². The SMILES string of the molecule is O=C(CCC1CCNC1)NCC(c1cccc(Cl)c1)N1CCOCC1. The van der Waals surface area contributed by atoms with Crippen molar-refractivity contribution in [1.82, 2.24) is 15.5 Å². The van der Waals surface area contributed by atoms with Crippen molar-refractivity contribution in [3.05, 3.63) is 34.9 Å². The van der Waals surface area contributed by atoms with E-state index in [0.29, 0.717) is 18.9 Å². The van der Waals surface area contributed by atoms with Crippen molar-refractivity contribution < 1.29 is 9.53 Å². The molecule has 3 rings (SSSR count). The minimum atomic E-state index is 0.139. The summed E-state index contributed by atoms with van der Waals surface area (Å²) in [7, 11) is 0. The Morgan fingerprint density at radius 2 is 2.24 bits per heavy atom. The van der Waals surface area contributed by atoms with E-state index in [0.717, 1.165) is 56.4 Å². The number of carbonyl (C=O) groups is 1. The van der Waals surface area contributed by atoms with E-state index < -0.39 is 0 Å². The second-order valence-electron chi connectivity index (χ2n) is 6.92. The van der Waals surface area contributed by atoms with Gasteiger partial charge in [0.05, 0.1) is 19.3 Å². The van der Waals surface area contributed by atoms with Gasteiger partial charge in [-0.15, -0.1) is 0 Å². The fraction of sp³-hybridized carbons (Fsp3) is 0.632. The van der Waals surface area contributed by atoms with Gasteiger partial charge in [-0.05, 0) is 49.5 Å². The molecule has 0 saturated carbocycles. The molecule has 0 aromatic heterocycles. The van der Waals surface area contributed by atoms with Gasteiger partial charge >= 0.3 is 0 Å². The van der Waals surface area contributed by atoms with Crippen molar-refractivity contribution in [3.8, 4) is 0 Å². The van der Waals surface area contributed by atoms with Gasteiger partial charge < -0.3 is 15.4 Å². The van der Waals surface area contributed by atoms with Crippen molar-refractivity contribution in [3.63, 3.8) is 0 Å². The third-order valence-electron chi connectivity index (χ3n) is 5.15. The zero-order valence-electron chi connectivity index (χ0n) is 14.7. The zero-order valence-corrected chi connectivity index (χ0v) is 15.4. The van der Waals surface area contributed by atoms with E-state index in [4.69, 9.17) is 16.3 Å². The quantitative estimate of drug-likeness (QED) is 0.778. The number of hydrogen-bond acceptors (Lipinski definition) is 4. The standard InChI is InChI=1S/C19H28ClN3O2/c20-17-3-1-2-16(12-17)18(23-8-10-25-11-9-23)14-22-19(24)5-4-15-6-7-21-13-15/h1-3,12,15,18,21H,4-11,13-14H2,(H,22,24). The minimum absolute atomic E-state index is 0.139. The lowest BCUT2D eigenvalue weighted by Crippen LogP contribution is -2.43. The van der Waals surface area contributed by atoms with E-state index in [1.807, 2.05) is 18.2 Å². The molecule has 1 aromatic rings. The van der Waals surface area contributed by atoms with Gasteiger partial charge in [0, 0.05) is 31.1 Å². The Kier molecular flexibility index (Phi) is 7.11. The molecule has 25 heavy (non-hydrogen) atoms. The number of amides is 1. The smallest absolute Gasteiger partial charge is 0.220 e. The highest BCUT2D eigenvalue weighted by Gasteiger charge is 2.23. The highest BCUT2D eigenvalue weighted by Crippen LogP contribution is 2.24. The first-order chi connectivity index (χ1) is 12.2. The van der Waals surface area contributed by atoms with Crippen molar-refractivity contribution in [1.29, 1.82) is 0 Å². The Hall–Kier alpha value is -1.14. The largest absolute Gasteiger partial charge is 0.379 e. The Balaban J connectivity index is 1.56. The summed E-state index contributed by atoms with van der Waals surface area (Å²) in [5.41, 5.74) is 1.15. The van der Waals surface area contributed by atoms with Gasteiger partial charge in [0.1, 0.15) is 0 Å². The first-order valence-electron chi connectivity index (χ1n) is 9.27. The maximum absolute atomic E-state index is 12.3. The zero-order chi connectivity index (χ0) is 17.5. The molecule has 0 radical (unpaired) electrons. The predicted octanol–water partition coefficient (Wildman–Crippen LogP) is 2.22. The third-order valence-corrected chi connectivity index (χ3v) is 5.39. The predicted molar refractivity (Wildman–Crippen MR) is 99.8 cm³/mol. The van der Waals surface area contributed by atoms with Crippen LogP contribution in [-0.2, 0) is 9.53 Å². The molecule has 5 nitrogen and oxygen atoms in total. The number of rotatable bonds is 7. The van der Waals surface area contributed by atoms with Crippen LogP contribution in [0.1, 0.15) is 30.9 Å². The maximum Gasteiger partial charge on any atom is 0.220 e. The molecule has 2 fully saturated rings. The molecule has 2 aliphatic rings. The number of morpholine rings is 1. The summed E-state index contributed by atoms with van der Waals surface area (Å²) >= 11 is 6.18. The molecule has 2 aliphatic heterocycles. The van der Waals surface area contributed by atoms with Gasteiger partial charge in [0.15, 0.2) is 0 Å². The molecule has 1 amide bonds. The van der Waals surface area contributed by atoms with Gasteiger partial charge in [0.25, 0.3) is 0 Å². The number of nitrogens with one attached hydrogen (secondary N) is 2. The molecule has 0 spiro atoms. The number of hydrogen-bond donors (Lipinski definition) is 2. The molecule has 2 N–H and O–H groups in total. The van der Waals surface area contributed by atoms with Crippen LogP contribution in [-0.4, -0.2) is 56.7 Å². The molecule has 2 atom stereocenters. The highest BCUT2D eigenvalue weighted by atomic mass is 35.5. The lowest BCUT2D eigenvalue weighted by Gasteiger charge is -2.35.